The maximum Gasteiger partial charge on any atom is 0.291 e. The molecule has 1 aromatic heterocycles. The molecule has 1 fully saturated rings. The highest BCUT2D eigenvalue weighted by Crippen LogP contribution is 2.26. The Hall–Kier alpha value is -4.16. The maximum atomic E-state index is 12.9. The minimum absolute atomic E-state index is 0.251. The molecule has 3 aromatic rings. The molecule has 1 saturated heterocycles. The SMILES string of the molecule is N=C(OC(N)=N[C@H]1N=C(c2ccccc2)c2ccccc2NC1=O)c1nnsc1N1CCOCC1. The van der Waals surface area contributed by atoms with Gasteiger partial charge < -0.3 is 25.4 Å². The molecule has 2 aromatic carbocycles. The number of aromatic nitrogens is 2. The summed E-state index contributed by atoms with van der Waals surface area (Å²) in [6.45, 7) is 2.48. The molecule has 178 valence electrons. The predicted molar refractivity (Wildman–Crippen MR) is 133 cm³/mol. The van der Waals surface area contributed by atoms with E-state index in [0.717, 1.165) is 22.7 Å². The Morgan fingerprint density at radius 3 is 2.71 bits per heavy atom. The van der Waals surface area contributed by atoms with Crippen LogP contribution in [-0.2, 0) is 14.3 Å². The molecule has 12 heteroatoms. The van der Waals surface area contributed by atoms with Gasteiger partial charge in [-0.3, -0.25) is 10.2 Å². The van der Waals surface area contributed by atoms with E-state index >= 15 is 0 Å². The van der Waals surface area contributed by atoms with Crippen molar-refractivity contribution in [1.82, 2.24) is 9.59 Å². The van der Waals surface area contributed by atoms with Crippen molar-refractivity contribution in [3.8, 4) is 0 Å². The number of anilines is 2. The van der Waals surface area contributed by atoms with Crippen LogP contribution in [0.1, 0.15) is 16.8 Å². The summed E-state index contributed by atoms with van der Waals surface area (Å²) < 4.78 is 14.8. The molecule has 11 nitrogen and oxygen atoms in total. The van der Waals surface area contributed by atoms with Crippen LogP contribution in [0.2, 0.25) is 0 Å². The number of nitrogens with zero attached hydrogens (tertiary/aromatic N) is 5. The molecule has 4 N–H and O–H groups in total. The lowest BCUT2D eigenvalue weighted by Gasteiger charge is -2.27. The van der Waals surface area contributed by atoms with Gasteiger partial charge in [0.25, 0.3) is 11.9 Å². The average molecular weight is 491 g/mol. The molecule has 1 amide bonds. The topological polar surface area (TPSA) is 151 Å². The largest absolute Gasteiger partial charge is 0.405 e. The van der Waals surface area contributed by atoms with E-state index in [1.54, 1.807) is 6.07 Å². The van der Waals surface area contributed by atoms with E-state index in [2.05, 4.69) is 24.9 Å². The molecule has 5 rings (SSSR count). The molecule has 0 unspecified atom stereocenters. The Morgan fingerprint density at radius 2 is 1.91 bits per heavy atom. The molecular formula is C23H22N8O3S. The number of fused-ring (bicyclic) bond motifs is 1. The number of carbonyl (C=O) groups excluding carboxylic acids is 1. The number of para-hydroxylation sites is 1. The number of benzene rings is 2. The number of morpholine rings is 1. The van der Waals surface area contributed by atoms with E-state index in [1.807, 2.05) is 53.4 Å². The molecule has 0 bridgehead atoms. The standard InChI is InChI=1S/C23H22N8O3S/c24-19(18-22(35-30-29-18)31-10-12-33-13-11-31)34-23(25)28-20-21(32)26-16-9-5-4-8-15(16)17(27-20)14-6-2-1-3-7-14/h1-9,20,24H,10-13H2,(H2,25,28)(H,26,32)/t20-/m1/s1. The van der Waals surface area contributed by atoms with Crippen LogP contribution in [0.3, 0.4) is 0 Å². The van der Waals surface area contributed by atoms with Crippen LogP contribution in [0.4, 0.5) is 10.7 Å². The van der Waals surface area contributed by atoms with Crippen LogP contribution in [0.25, 0.3) is 0 Å². The second-order valence-electron chi connectivity index (χ2n) is 7.68. The van der Waals surface area contributed by atoms with Crippen molar-refractivity contribution in [2.24, 2.45) is 15.7 Å². The molecule has 0 saturated carbocycles. The summed E-state index contributed by atoms with van der Waals surface area (Å²) in [5.74, 6) is -0.781. The number of amidine groups is 1. The minimum Gasteiger partial charge on any atom is -0.405 e. The lowest BCUT2D eigenvalue weighted by molar-refractivity contribution is -0.117. The Morgan fingerprint density at radius 1 is 1.17 bits per heavy atom. The first kappa shape index (κ1) is 22.6. The van der Waals surface area contributed by atoms with Crippen molar-refractivity contribution in [3.63, 3.8) is 0 Å². The van der Waals surface area contributed by atoms with Crippen molar-refractivity contribution in [2.75, 3.05) is 36.5 Å². The number of benzodiazepines with no additional fused rings is 1. The van der Waals surface area contributed by atoms with Crippen molar-refractivity contribution in [3.05, 3.63) is 71.4 Å². The maximum absolute atomic E-state index is 12.9. The molecular weight excluding hydrogens is 468 g/mol. The fraction of sp³-hybridized carbons (Fsp3) is 0.217. The summed E-state index contributed by atoms with van der Waals surface area (Å²) in [6, 6.07) is 16.5. The second-order valence-corrected chi connectivity index (χ2v) is 8.41. The number of ether oxygens (including phenoxy) is 2. The van der Waals surface area contributed by atoms with Crippen LogP contribution in [0.15, 0.2) is 64.6 Å². The van der Waals surface area contributed by atoms with Crippen LogP contribution >= 0.6 is 11.5 Å². The Kier molecular flexibility index (Phi) is 6.46. The fourth-order valence-electron chi connectivity index (χ4n) is 3.76. The van der Waals surface area contributed by atoms with E-state index in [1.165, 1.54) is 0 Å². The molecule has 1 atom stereocenters. The smallest absolute Gasteiger partial charge is 0.291 e. The van der Waals surface area contributed by atoms with Gasteiger partial charge in [-0.15, -0.1) is 5.10 Å². The average Bonchev–Trinajstić information content (AvgIpc) is 3.33. The highest BCUT2D eigenvalue weighted by Gasteiger charge is 2.27. The van der Waals surface area contributed by atoms with Crippen molar-refractivity contribution < 1.29 is 14.3 Å². The third-order valence-corrected chi connectivity index (χ3v) is 6.20. The molecule has 3 heterocycles. The van der Waals surface area contributed by atoms with Gasteiger partial charge in [-0.25, -0.2) is 4.99 Å². The van der Waals surface area contributed by atoms with Crippen molar-refractivity contribution in [1.29, 1.82) is 5.41 Å². The van der Waals surface area contributed by atoms with E-state index in [4.69, 9.17) is 20.6 Å². The number of rotatable bonds is 4. The van der Waals surface area contributed by atoms with Gasteiger partial charge in [-0.2, -0.15) is 4.99 Å². The normalized spacial score (nSPS) is 18.2. The Labute approximate surface area is 205 Å². The number of nitrogens with one attached hydrogen (secondary N) is 2. The Bertz CT molecular complexity index is 1300. The van der Waals surface area contributed by atoms with Gasteiger partial charge in [0.1, 0.15) is 5.00 Å². The third-order valence-electron chi connectivity index (χ3n) is 5.41. The van der Waals surface area contributed by atoms with Gasteiger partial charge in [0, 0.05) is 35.7 Å². The van der Waals surface area contributed by atoms with Crippen LogP contribution in [-0.4, -0.2) is 65.6 Å². The third kappa shape index (κ3) is 4.88. The number of hydrogen-bond donors (Lipinski definition) is 3. The molecule has 0 aliphatic carbocycles. The van der Waals surface area contributed by atoms with Crippen molar-refractivity contribution >= 4 is 45.8 Å². The second kappa shape index (κ2) is 9.99. The number of aliphatic imine (C=N–C) groups is 2. The zero-order valence-corrected chi connectivity index (χ0v) is 19.4. The quantitative estimate of drug-likeness (QED) is 0.373. The molecule has 35 heavy (non-hydrogen) atoms. The predicted octanol–water partition coefficient (Wildman–Crippen LogP) is 1.85. The first-order valence-corrected chi connectivity index (χ1v) is 11.7. The number of carbonyl (C=O) groups is 1. The molecule has 2 aliphatic rings. The lowest BCUT2D eigenvalue weighted by Crippen LogP contribution is -2.37. The zero-order valence-electron chi connectivity index (χ0n) is 18.5. The highest BCUT2D eigenvalue weighted by molar-refractivity contribution is 7.10. The first-order valence-electron chi connectivity index (χ1n) is 10.9. The van der Waals surface area contributed by atoms with Crippen LogP contribution < -0.4 is 16.0 Å². The summed E-state index contributed by atoms with van der Waals surface area (Å²) >= 11 is 1.16. The minimum atomic E-state index is -1.21. The number of hydrogen-bond acceptors (Lipinski definition) is 10. The van der Waals surface area contributed by atoms with Gasteiger partial charge in [-0.1, -0.05) is 53.0 Å². The van der Waals surface area contributed by atoms with Gasteiger partial charge in [0.2, 0.25) is 12.1 Å². The monoisotopic (exact) mass is 490 g/mol. The van der Waals surface area contributed by atoms with E-state index in [-0.39, 0.29) is 17.6 Å². The van der Waals surface area contributed by atoms with E-state index in [9.17, 15) is 4.79 Å². The van der Waals surface area contributed by atoms with E-state index in [0.29, 0.717) is 42.7 Å². The molecule has 0 radical (unpaired) electrons. The van der Waals surface area contributed by atoms with E-state index < -0.39 is 12.1 Å². The summed E-state index contributed by atoms with van der Waals surface area (Å²) in [4.78, 5) is 23.8. The zero-order chi connectivity index (χ0) is 24.2. The fourth-order valence-corrected chi connectivity index (χ4v) is 4.48. The van der Waals surface area contributed by atoms with Gasteiger partial charge >= 0.3 is 0 Å². The van der Waals surface area contributed by atoms with Gasteiger partial charge in [0.15, 0.2) is 5.69 Å². The lowest BCUT2D eigenvalue weighted by atomic mass is 10.0. The van der Waals surface area contributed by atoms with Crippen molar-refractivity contribution in [2.45, 2.75) is 6.17 Å². The van der Waals surface area contributed by atoms with Gasteiger partial charge in [-0.05, 0) is 6.07 Å². The summed E-state index contributed by atoms with van der Waals surface area (Å²) in [6.07, 6.45) is -1.21. The molecule has 2 aliphatic heterocycles. The van der Waals surface area contributed by atoms with Crippen LogP contribution in [0.5, 0.6) is 0 Å². The van der Waals surface area contributed by atoms with Gasteiger partial charge in [0.05, 0.1) is 24.6 Å². The molecule has 0 spiro atoms. The summed E-state index contributed by atoms with van der Waals surface area (Å²) in [5, 5.41) is 15.9. The Balaban J connectivity index is 1.41. The number of amides is 1. The van der Waals surface area contributed by atoms with Crippen LogP contribution in [0, 0.1) is 5.41 Å². The highest BCUT2D eigenvalue weighted by atomic mass is 32.1. The summed E-state index contributed by atoms with van der Waals surface area (Å²) in [5.41, 5.74) is 9.06. The number of nitrogens with two attached hydrogens (primary N) is 1. The summed E-state index contributed by atoms with van der Waals surface area (Å²) in [7, 11) is 0. The first-order chi connectivity index (χ1) is 17.1.